The molecule has 2 unspecified atom stereocenters. The quantitative estimate of drug-likeness (QED) is 0.0268. The summed E-state index contributed by atoms with van der Waals surface area (Å²) in [6.45, 7) is 15.4. The zero-order valence-corrected chi connectivity index (χ0v) is 93.7. The second-order valence-electron chi connectivity index (χ2n) is 39.7. The zero-order valence-electron chi connectivity index (χ0n) is 92.7. The first-order valence-electron chi connectivity index (χ1n) is 58.1. The number of unbranched alkanes of at least 4 members (excludes halogenated alkanes) is 63. The van der Waals surface area contributed by atoms with Crippen LogP contribution in [0, 0.1) is 0 Å². The second kappa shape index (κ2) is 131. The van der Waals surface area contributed by atoms with Crippen molar-refractivity contribution in [2.45, 2.75) is 619 Å². The summed E-state index contributed by atoms with van der Waals surface area (Å²) in [5.41, 5.74) is 0. The number of hydrogen-bond acceptors (Lipinski definition) is 7. The Hall–Kier alpha value is -2.79. The number of carbonyl (C=O) groups is 3. The summed E-state index contributed by atoms with van der Waals surface area (Å²) in [6, 6.07) is 0. The van der Waals surface area contributed by atoms with E-state index in [2.05, 4.69) is 170 Å². The van der Waals surface area contributed by atoms with E-state index in [1.807, 2.05) is 19.0 Å². The molecule has 0 aliphatic carbocycles. The molecule has 775 valence electrons. The Morgan fingerprint density at radius 1 is 0.241 bits per heavy atom. The van der Waals surface area contributed by atoms with Crippen LogP contribution in [0.25, 0.3) is 0 Å². The Balaban J connectivity index is -0.000000342. The second-order valence-corrected chi connectivity index (χ2v) is 39.7. The molecule has 2 N–H and O–H groups in total. The predicted octanol–water partition coefficient (Wildman–Crippen LogP) is 37.2. The minimum atomic E-state index is -0.711. The Bertz CT molecular complexity index is 2470. The van der Waals surface area contributed by atoms with Crippen LogP contribution in [-0.4, -0.2) is 99.6 Å². The molecule has 133 heavy (non-hydrogen) atoms. The third kappa shape index (κ3) is 142. The average Bonchev–Trinajstić information content (AvgIpc) is 0.957. The van der Waals surface area contributed by atoms with Crippen LogP contribution in [0.2, 0.25) is 0 Å². The van der Waals surface area contributed by atoms with Gasteiger partial charge in [0.05, 0.1) is 6.10 Å². The number of ketones is 1. The molecule has 0 aliphatic heterocycles. The van der Waals surface area contributed by atoms with Crippen molar-refractivity contribution >= 4 is 26.1 Å². The maximum absolute atomic E-state index is 12.5. The Labute approximate surface area is 859 Å². The Kier molecular flexibility index (Phi) is 139. The Morgan fingerprint density at radius 3 is 0.647 bits per heavy atom. The smallest absolute Gasteiger partial charge is 1.00 e. The molecule has 0 aromatic heterocycles. The van der Waals surface area contributed by atoms with Gasteiger partial charge in [0.25, 0.3) is 0 Å². The topological polar surface area (TPSA) is 107 Å². The van der Waals surface area contributed by atoms with Crippen molar-refractivity contribution in [1.82, 2.24) is 9.80 Å². The van der Waals surface area contributed by atoms with Gasteiger partial charge in [-0.2, -0.15) is 0 Å². The average molecular weight is 1870 g/mol. The molecule has 0 fully saturated rings. The monoisotopic (exact) mass is 1870 g/mol. The van der Waals surface area contributed by atoms with Gasteiger partial charge >= 0.3 is 41.5 Å². The molecule has 0 aliphatic rings. The largest absolute Gasteiger partial charge is 1.00 e. The molecule has 0 saturated heterocycles. The fourth-order valence-electron chi connectivity index (χ4n) is 16.7. The van der Waals surface area contributed by atoms with Crippen LogP contribution in [0.4, 0.5) is 0 Å². The van der Waals surface area contributed by atoms with E-state index in [9.17, 15) is 19.5 Å². The first-order valence-corrected chi connectivity index (χ1v) is 58.1. The van der Waals surface area contributed by atoms with E-state index in [0.29, 0.717) is 12.2 Å². The molecular weight excluding hydrogens is 1640 g/mol. The number of hydrogen-bond donors (Lipinski definition) is 2. The molecular formula is C123H233BN2NaO6. The maximum Gasteiger partial charge on any atom is 1.00 e. The Morgan fingerprint density at radius 2 is 0.421 bits per heavy atom. The third-order valence-corrected chi connectivity index (χ3v) is 25.5. The van der Waals surface area contributed by atoms with Crippen LogP contribution < -0.4 is 29.6 Å². The molecule has 0 saturated carbocycles. The molecule has 0 spiro atoms. The van der Waals surface area contributed by atoms with Crippen LogP contribution in [0.3, 0.4) is 0 Å². The van der Waals surface area contributed by atoms with Gasteiger partial charge in [-0.1, -0.05) is 453 Å². The molecule has 8 nitrogen and oxygen atoms in total. The number of carboxylic acids is 1. The number of ether oxygens (including phenoxy) is 1. The van der Waals surface area contributed by atoms with Gasteiger partial charge in [-0.15, -0.1) is 0 Å². The van der Waals surface area contributed by atoms with Crippen LogP contribution in [0.5, 0.6) is 0 Å². The van der Waals surface area contributed by atoms with Crippen molar-refractivity contribution in [3.8, 4) is 0 Å². The van der Waals surface area contributed by atoms with Gasteiger partial charge in [-0.25, -0.2) is 0 Å². The number of rotatable bonds is 102. The molecule has 2 atom stereocenters. The number of aliphatic carboxylic acids is 1. The van der Waals surface area contributed by atoms with Gasteiger partial charge < -0.3 is 26.2 Å². The van der Waals surface area contributed by atoms with Gasteiger partial charge in [0.15, 0.2) is 0 Å². The van der Waals surface area contributed by atoms with Crippen molar-refractivity contribution in [3.63, 3.8) is 0 Å². The minimum Gasteiger partial charge on any atom is -1.00 e. The van der Waals surface area contributed by atoms with Gasteiger partial charge in [-0.05, 0) is 279 Å². The number of allylic oxidation sites excluding steroid dienone is 18. The number of aliphatic hydroxyl groups is 1. The van der Waals surface area contributed by atoms with Crippen LogP contribution in [-0.2, 0) is 19.1 Å². The molecule has 0 rings (SSSR count). The molecule has 0 aromatic carbocycles. The van der Waals surface area contributed by atoms with E-state index in [0.717, 1.165) is 96.6 Å². The first-order chi connectivity index (χ1) is 64.3. The zero-order chi connectivity index (χ0) is 96.1. The van der Waals surface area contributed by atoms with Gasteiger partial charge in [0.1, 0.15) is 11.9 Å². The predicted molar refractivity (Wildman–Crippen MR) is 595 cm³/mol. The summed E-state index contributed by atoms with van der Waals surface area (Å²) in [6.07, 6.45) is 153. The van der Waals surface area contributed by atoms with Crippen LogP contribution in [0.15, 0.2) is 109 Å². The standard InChI is InChI=1S/C43H81NO2.C37H70O.C37H68O.C6H13NO2.B.Na.H/c1-5-7-9-11-13-15-17-19-21-23-25-27-29-31-33-35-38-42(46-43(45)40-37-41-44(3)4)39-36-34-32-30-28-26-24-22-20-18-16-14-12-10-8-6-2;2*1-3-5-7-9-11-13-15-17-19-21-23-25-27-29-31-33-35-37(38)36-34-32-30-28-26-24-22-20-18-16-14-12-10-8-6-4-2;1-7(2)5-3-4-6(8)9;;;/h13,15,19-22,42H,5-12,14,16-18,23-41H2,1-4H3;11,13,17-20,37-38H,3-10,12,14-16,21-36H2,1-2H3;11,13,17-20H,3-10,12,14-16,21-36H2,1-2H3;3-5H2,1-2H3,(H,8,9);;;/q;;;;;+1;-1/b15-13-,21-19-,22-20-;2*13-11-,19-17-,20-18-;;;;. The summed E-state index contributed by atoms with van der Waals surface area (Å²) in [4.78, 5) is 38.7. The summed E-state index contributed by atoms with van der Waals surface area (Å²) in [7, 11) is 7.99. The molecule has 3 radical (unpaired) electrons. The van der Waals surface area contributed by atoms with E-state index < -0.39 is 5.97 Å². The molecule has 10 heteroatoms. The number of carboxylic acid groups (broad SMARTS) is 1. The molecule has 0 amide bonds. The van der Waals surface area contributed by atoms with Crippen molar-refractivity contribution in [2.24, 2.45) is 0 Å². The van der Waals surface area contributed by atoms with E-state index in [4.69, 9.17) is 9.84 Å². The molecule has 0 bridgehead atoms. The van der Waals surface area contributed by atoms with Crippen molar-refractivity contribution in [3.05, 3.63) is 109 Å². The number of aliphatic hydroxyl groups excluding tert-OH is 1. The molecule has 0 aromatic rings. The summed E-state index contributed by atoms with van der Waals surface area (Å²) in [5, 5.41) is 18.5. The SMILES string of the molecule is CCCCC/C=C\C/C=C\CCCCCCCCC(=O)CCCCCCCC/C=C\CCCCCCCC.CCCCC/C=C\C/C=C\CCCCCCCCC(CCCCCCCC/C=C\CCCCCCCC)OC(=O)CCCN(C)C.CCCCC/C=C\C/C=C\CCCCCCCCC(O)CCCCCCCC/C=C\CCCCCCCC.CN(C)CCCC(=O)O.[B].[H-].[Na+]. The van der Waals surface area contributed by atoms with Gasteiger partial charge in [0.2, 0.25) is 0 Å². The van der Waals surface area contributed by atoms with Gasteiger partial charge in [0, 0.05) is 34.1 Å². The fourth-order valence-corrected chi connectivity index (χ4v) is 16.7. The van der Waals surface area contributed by atoms with E-state index in [-0.39, 0.29) is 64.0 Å². The summed E-state index contributed by atoms with van der Waals surface area (Å²) in [5.74, 6) is -0.196. The van der Waals surface area contributed by atoms with Crippen molar-refractivity contribution < 1.29 is 60.3 Å². The van der Waals surface area contributed by atoms with E-state index in [1.54, 1.807) is 0 Å². The molecule has 0 heterocycles. The fraction of sp³-hybridized carbons (Fsp3) is 0.829. The maximum atomic E-state index is 12.5. The third-order valence-electron chi connectivity index (χ3n) is 25.5. The normalized spacial score (nSPS) is 12.3. The number of carbonyl (C=O) groups excluding carboxylic acids is 2. The minimum absolute atomic E-state index is 0. The summed E-state index contributed by atoms with van der Waals surface area (Å²) < 4.78 is 6.00. The van der Waals surface area contributed by atoms with Crippen molar-refractivity contribution in [1.29, 1.82) is 0 Å². The van der Waals surface area contributed by atoms with E-state index in [1.165, 1.54) is 469 Å². The number of Topliss-reactive ketones (excluding diaryl/α,β-unsaturated/α-hetero) is 1. The summed E-state index contributed by atoms with van der Waals surface area (Å²) >= 11 is 0. The number of nitrogens with zero attached hydrogens (tertiary/aromatic N) is 2. The first kappa shape index (κ1) is 141. The van der Waals surface area contributed by atoms with Crippen LogP contribution in [0.1, 0.15) is 608 Å². The van der Waals surface area contributed by atoms with Crippen molar-refractivity contribution in [2.75, 3.05) is 41.3 Å². The van der Waals surface area contributed by atoms with E-state index >= 15 is 0 Å². The van der Waals surface area contributed by atoms with Crippen LogP contribution >= 0.6 is 0 Å². The van der Waals surface area contributed by atoms with Gasteiger partial charge in [-0.3, -0.25) is 14.4 Å². The number of esters is 1.